The maximum absolute atomic E-state index is 12.2. The molecule has 102 valence electrons. The van der Waals surface area contributed by atoms with Gasteiger partial charge in [0.2, 0.25) is 5.91 Å². The van der Waals surface area contributed by atoms with Gasteiger partial charge in [-0.1, -0.05) is 18.2 Å². The van der Waals surface area contributed by atoms with Crippen LogP contribution in [-0.2, 0) is 14.6 Å². The summed E-state index contributed by atoms with van der Waals surface area (Å²) in [4.78, 5) is 13.3. The van der Waals surface area contributed by atoms with Crippen LogP contribution in [-0.4, -0.2) is 36.5 Å². The van der Waals surface area contributed by atoms with E-state index in [4.69, 9.17) is 0 Å². The van der Waals surface area contributed by atoms with Crippen LogP contribution in [0.25, 0.3) is 0 Å². The highest BCUT2D eigenvalue weighted by atomic mass is 32.2. The molecule has 1 aromatic rings. The van der Waals surface area contributed by atoms with Gasteiger partial charge in [0.15, 0.2) is 9.84 Å². The maximum Gasteiger partial charge on any atom is 0.238 e. The van der Waals surface area contributed by atoms with E-state index < -0.39 is 14.7 Å². The van der Waals surface area contributed by atoms with E-state index in [1.165, 1.54) is 11.8 Å². The lowest BCUT2D eigenvalue weighted by Crippen LogP contribution is -2.45. The lowest BCUT2D eigenvalue weighted by atomic mass is 10.1. The van der Waals surface area contributed by atoms with E-state index >= 15 is 0 Å². The fraction of sp³-hybridized carbons (Fsp3) is 0.462. The second-order valence-corrected chi connectivity index (χ2v) is 8.61. The summed E-state index contributed by atoms with van der Waals surface area (Å²) in [7, 11) is -3.03. The lowest BCUT2D eigenvalue weighted by molar-refractivity contribution is -0.116. The van der Waals surface area contributed by atoms with E-state index in [0.29, 0.717) is 12.2 Å². The van der Waals surface area contributed by atoms with Crippen molar-refractivity contribution in [2.45, 2.75) is 18.2 Å². The summed E-state index contributed by atoms with van der Waals surface area (Å²) in [6, 6.07) is 7.65. The second kappa shape index (κ2) is 4.24. The highest BCUT2D eigenvalue weighted by molar-refractivity contribution is 8.03. The molecule has 2 saturated heterocycles. The van der Waals surface area contributed by atoms with Crippen molar-refractivity contribution in [3.8, 4) is 0 Å². The van der Waals surface area contributed by atoms with E-state index in [-0.39, 0.29) is 17.4 Å². The predicted octanol–water partition coefficient (Wildman–Crippen LogP) is 1.59. The van der Waals surface area contributed by atoms with Gasteiger partial charge in [-0.15, -0.1) is 11.8 Å². The van der Waals surface area contributed by atoms with Crippen molar-refractivity contribution in [1.82, 2.24) is 0 Å². The summed E-state index contributed by atoms with van der Waals surface area (Å²) in [5.74, 6) is 0.626. The number of amides is 1. The first-order valence-electron chi connectivity index (χ1n) is 6.17. The molecule has 2 fully saturated rings. The summed E-state index contributed by atoms with van der Waals surface area (Å²) in [5, 5.41) is 0. The van der Waals surface area contributed by atoms with Crippen molar-refractivity contribution in [2.24, 2.45) is 0 Å². The number of sulfone groups is 1. The van der Waals surface area contributed by atoms with Crippen LogP contribution in [0.4, 0.5) is 5.69 Å². The molecule has 0 radical (unpaired) electrons. The second-order valence-electron chi connectivity index (χ2n) is 5.09. The number of para-hydroxylation sites is 1. The minimum absolute atomic E-state index is 0.0106. The minimum atomic E-state index is -3.03. The molecule has 0 aliphatic carbocycles. The van der Waals surface area contributed by atoms with Gasteiger partial charge in [0.1, 0.15) is 4.87 Å². The Labute approximate surface area is 117 Å². The van der Waals surface area contributed by atoms with Gasteiger partial charge in [-0.25, -0.2) is 8.42 Å². The van der Waals surface area contributed by atoms with Crippen LogP contribution in [0.3, 0.4) is 0 Å². The van der Waals surface area contributed by atoms with Gasteiger partial charge < -0.3 is 0 Å². The van der Waals surface area contributed by atoms with E-state index in [0.717, 1.165) is 11.3 Å². The molecular weight excluding hydrogens is 282 g/mol. The zero-order chi connectivity index (χ0) is 13.7. The number of benzene rings is 1. The van der Waals surface area contributed by atoms with Gasteiger partial charge in [-0.2, -0.15) is 0 Å². The zero-order valence-corrected chi connectivity index (χ0v) is 12.3. The molecule has 1 amide bonds. The highest BCUT2D eigenvalue weighted by Crippen LogP contribution is 2.47. The Morgan fingerprint density at radius 3 is 2.68 bits per heavy atom. The molecule has 1 aromatic carbocycles. The fourth-order valence-electron chi connectivity index (χ4n) is 2.81. The Hall–Kier alpha value is -1.01. The molecule has 3 rings (SSSR count). The molecule has 4 nitrogen and oxygen atoms in total. The normalized spacial score (nSPS) is 29.3. The Morgan fingerprint density at radius 2 is 2.05 bits per heavy atom. The van der Waals surface area contributed by atoms with E-state index in [9.17, 15) is 13.2 Å². The first-order valence-corrected chi connectivity index (χ1v) is 8.97. The van der Waals surface area contributed by atoms with Crippen LogP contribution in [0.2, 0.25) is 0 Å². The fourth-order valence-corrected chi connectivity index (χ4v) is 6.67. The number of carbonyl (C=O) groups is 1. The molecule has 1 atom stereocenters. The number of carbonyl (C=O) groups excluding carboxylic acids is 1. The summed E-state index contributed by atoms with van der Waals surface area (Å²) < 4.78 is 23.6. The molecule has 2 heterocycles. The first-order chi connectivity index (χ1) is 8.94. The van der Waals surface area contributed by atoms with E-state index in [1.54, 1.807) is 4.90 Å². The van der Waals surface area contributed by atoms with Crippen LogP contribution >= 0.6 is 11.8 Å². The minimum Gasteiger partial charge on any atom is -0.295 e. The molecule has 2 aliphatic rings. The predicted molar refractivity (Wildman–Crippen MR) is 77.1 cm³/mol. The standard InChI is InChI=1S/C13H15NO3S2/c1-10-4-2-3-5-11(10)14-12(15)8-18-13(14)6-7-19(16,17)9-13/h2-5H,6-9H2,1H3/t13-/m1/s1. The number of aryl methyl sites for hydroxylation is 1. The molecule has 6 heteroatoms. The van der Waals surface area contributed by atoms with Crippen LogP contribution in [0, 0.1) is 6.92 Å². The van der Waals surface area contributed by atoms with Crippen LogP contribution < -0.4 is 4.90 Å². The van der Waals surface area contributed by atoms with Crippen LogP contribution in [0.5, 0.6) is 0 Å². The quantitative estimate of drug-likeness (QED) is 0.790. The van der Waals surface area contributed by atoms with Gasteiger partial charge in [-0.3, -0.25) is 9.69 Å². The van der Waals surface area contributed by atoms with Gasteiger partial charge in [0.05, 0.1) is 17.3 Å². The maximum atomic E-state index is 12.2. The average molecular weight is 297 g/mol. The average Bonchev–Trinajstić information content (AvgIpc) is 2.82. The summed E-state index contributed by atoms with van der Waals surface area (Å²) >= 11 is 1.47. The summed E-state index contributed by atoms with van der Waals surface area (Å²) in [6.45, 7) is 1.95. The Bertz CT molecular complexity index is 641. The highest BCUT2D eigenvalue weighted by Gasteiger charge is 2.53. The Kier molecular flexibility index (Phi) is 2.90. The summed E-state index contributed by atoms with van der Waals surface area (Å²) in [5.41, 5.74) is 1.84. The Morgan fingerprint density at radius 1 is 1.32 bits per heavy atom. The molecule has 19 heavy (non-hydrogen) atoms. The molecule has 0 unspecified atom stereocenters. The third-order valence-electron chi connectivity index (χ3n) is 3.73. The van der Waals surface area contributed by atoms with E-state index in [2.05, 4.69) is 0 Å². The number of hydrogen-bond donors (Lipinski definition) is 0. The van der Waals surface area contributed by atoms with Gasteiger partial charge in [0.25, 0.3) is 0 Å². The van der Waals surface area contributed by atoms with Crippen molar-refractivity contribution in [3.63, 3.8) is 0 Å². The molecule has 0 N–H and O–H groups in total. The smallest absolute Gasteiger partial charge is 0.238 e. The molecular formula is C13H15NO3S2. The molecule has 0 bridgehead atoms. The van der Waals surface area contributed by atoms with Gasteiger partial charge >= 0.3 is 0 Å². The van der Waals surface area contributed by atoms with Crippen molar-refractivity contribution in [1.29, 1.82) is 0 Å². The first kappa shape index (κ1) is 13.0. The topological polar surface area (TPSA) is 54.5 Å². The van der Waals surface area contributed by atoms with Crippen molar-refractivity contribution in [2.75, 3.05) is 22.2 Å². The number of nitrogens with zero attached hydrogens (tertiary/aromatic N) is 1. The van der Waals surface area contributed by atoms with Gasteiger partial charge in [-0.05, 0) is 25.0 Å². The van der Waals surface area contributed by atoms with Crippen molar-refractivity contribution < 1.29 is 13.2 Å². The summed E-state index contributed by atoms with van der Waals surface area (Å²) in [6.07, 6.45) is 0.528. The van der Waals surface area contributed by atoms with Crippen molar-refractivity contribution >= 4 is 33.2 Å². The largest absolute Gasteiger partial charge is 0.295 e. The van der Waals surface area contributed by atoms with Crippen LogP contribution in [0.15, 0.2) is 24.3 Å². The van der Waals surface area contributed by atoms with E-state index in [1.807, 2.05) is 31.2 Å². The third kappa shape index (κ3) is 2.07. The Balaban J connectivity index is 2.08. The monoisotopic (exact) mass is 297 g/mol. The SMILES string of the molecule is Cc1ccccc1N1C(=O)CS[C@@]12CCS(=O)(=O)C2. The zero-order valence-electron chi connectivity index (χ0n) is 10.6. The molecule has 1 spiro atoms. The molecule has 0 aromatic heterocycles. The lowest BCUT2D eigenvalue weighted by Gasteiger charge is -2.33. The van der Waals surface area contributed by atoms with Crippen LogP contribution in [0.1, 0.15) is 12.0 Å². The number of hydrogen-bond acceptors (Lipinski definition) is 4. The van der Waals surface area contributed by atoms with Gasteiger partial charge in [0, 0.05) is 5.69 Å². The number of thioether (sulfide) groups is 1. The molecule has 2 aliphatic heterocycles. The third-order valence-corrected chi connectivity index (χ3v) is 7.11. The number of anilines is 1. The number of rotatable bonds is 1. The molecule has 0 saturated carbocycles. The van der Waals surface area contributed by atoms with Crippen molar-refractivity contribution in [3.05, 3.63) is 29.8 Å².